The summed E-state index contributed by atoms with van der Waals surface area (Å²) in [5.41, 5.74) is 0.852. The van der Waals surface area contributed by atoms with E-state index in [0.29, 0.717) is 0 Å². The van der Waals surface area contributed by atoms with Crippen molar-refractivity contribution in [1.82, 2.24) is 14.9 Å². The molecule has 1 aliphatic rings. The zero-order chi connectivity index (χ0) is 14.8. The largest absolute Gasteiger partial charge is 0.352 e. The molecule has 0 aromatic carbocycles. The number of carbonyl (C=O) groups excluding carboxylic acids is 1. The molecule has 1 amide bonds. The van der Waals surface area contributed by atoms with Crippen molar-refractivity contribution in [3.63, 3.8) is 0 Å². The van der Waals surface area contributed by atoms with Crippen LogP contribution in [0.4, 0.5) is 5.82 Å². The Kier molecular flexibility index (Phi) is 3.88. The second kappa shape index (κ2) is 5.81. The quantitative estimate of drug-likeness (QED) is 0.852. The number of hydrogen-bond donors (Lipinski definition) is 0. The molecule has 2 aromatic rings. The first kappa shape index (κ1) is 14.0. The fourth-order valence-electron chi connectivity index (χ4n) is 2.61. The van der Waals surface area contributed by atoms with Crippen LogP contribution in [0.2, 0.25) is 0 Å². The van der Waals surface area contributed by atoms with Crippen LogP contribution in [0.25, 0.3) is 0 Å². The van der Waals surface area contributed by atoms with Crippen molar-refractivity contribution in [2.24, 2.45) is 0 Å². The molecule has 3 rings (SSSR count). The highest BCUT2D eigenvalue weighted by Crippen LogP contribution is 2.23. The highest BCUT2D eigenvalue weighted by Gasteiger charge is 2.24. The minimum atomic E-state index is 0.149. The molecule has 0 radical (unpaired) electrons. The van der Waals surface area contributed by atoms with Crippen molar-refractivity contribution in [3.8, 4) is 0 Å². The third-order valence-corrected chi connectivity index (χ3v) is 4.68. The molecule has 0 N–H and O–H groups in total. The van der Waals surface area contributed by atoms with Crippen molar-refractivity contribution >= 4 is 23.1 Å². The zero-order valence-corrected chi connectivity index (χ0v) is 13.1. The molecule has 2 aromatic heterocycles. The number of amides is 1. The summed E-state index contributed by atoms with van der Waals surface area (Å²) in [6.07, 6.45) is 5.14. The molecule has 0 unspecified atom stereocenters. The molecule has 0 bridgehead atoms. The van der Waals surface area contributed by atoms with Crippen LogP contribution in [-0.2, 0) is 0 Å². The highest BCUT2D eigenvalue weighted by molar-refractivity contribution is 7.12. The van der Waals surface area contributed by atoms with Crippen molar-refractivity contribution in [1.29, 1.82) is 0 Å². The Morgan fingerprint density at radius 1 is 1.19 bits per heavy atom. The number of aryl methyl sites for hydroxylation is 2. The van der Waals surface area contributed by atoms with Crippen LogP contribution in [0, 0.1) is 13.8 Å². The van der Waals surface area contributed by atoms with Crippen LogP contribution in [0.1, 0.15) is 20.1 Å². The van der Waals surface area contributed by atoms with Gasteiger partial charge in [-0.05, 0) is 19.9 Å². The van der Waals surface area contributed by atoms with Crippen molar-refractivity contribution < 1.29 is 4.79 Å². The van der Waals surface area contributed by atoms with Crippen molar-refractivity contribution in [2.45, 2.75) is 13.8 Å². The first-order valence-electron chi connectivity index (χ1n) is 7.02. The van der Waals surface area contributed by atoms with E-state index in [0.717, 1.165) is 42.4 Å². The van der Waals surface area contributed by atoms with Gasteiger partial charge in [0, 0.05) is 48.3 Å². The van der Waals surface area contributed by atoms with Gasteiger partial charge in [-0.2, -0.15) is 0 Å². The van der Waals surface area contributed by atoms with Crippen LogP contribution >= 0.6 is 11.3 Å². The van der Waals surface area contributed by atoms with Gasteiger partial charge in [-0.25, -0.2) is 4.98 Å². The van der Waals surface area contributed by atoms with E-state index in [2.05, 4.69) is 14.9 Å². The summed E-state index contributed by atoms with van der Waals surface area (Å²) in [7, 11) is 0. The van der Waals surface area contributed by atoms with E-state index in [9.17, 15) is 4.79 Å². The highest BCUT2D eigenvalue weighted by atomic mass is 32.1. The maximum Gasteiger partial charge on any atom is 0.255 e. The van der Waals surface area contributed by atoms with Gasteiger partial charge >= 0.3 is 0 Å². The van der Waals surface area contributed by atoms with Gasteiger partial charge < -0.3 is 9.80 Å². The number of piperazine rings is 1. The summed E-state index contributed by atoms with van der Waals surface area (Å²) >= 11 is 1.68. The Balaban J connectivity index is 1.66. The summed E-state index contributed by atoms with van der Waals surface area (Å²) in [6, 6.07) is 2.00. The number of carbonyl (C=O) groups is 1. The lowest BCUT2D eigenvalue weighted by molar-refractivity contribution is 0.0746. The summed E-state index contributed by atoms with van der Waals surface area (Å²) in [5, 5.41) is 0. The number of rotatable bonds is 2. The van der Waals surface area contributed by atoms with Gasteiger partial charge in [0.2, 0.25) is 0 Å². The smallest absolute Gasteiger partial charge is 0.255 e. The maximum absolute atomic E-state index is 12.6. The Hall–Kier alpha value is -1.95. The van der Waals surface area contributed by atoms with Crippen molar-refractivity contribution in [2.75, 3.05) is 31.1 Å². The Morgan fingerprint density at radius 2 is 1.95 bits per heavy atom. The van der Waals surface area contributed by atoms with Gasteiger partial charge in [0.25, 0.3) is 5.91 Å². The van der Waals surface area contributed by atoms with Crippen LogP contribution < -0.4 is 4.90 Å². The lowest BCUT2D eigenvalue weighted by Gasteiger charge is -2.35. The minimum Gasteiger partial charge on any atom is -0.352 e. The van der Waals surface area contributed by atoms with Gasteiger partial charge in [0.15, 0.2) is 0 Å². The summed E-state index contributed by atoms with van der Waals surface area (Å²) in [4.78, 5) is 27.4. The van der Waals surface area contributed by atoms with E-state index in [4.69, 9.17) is 0 Å². The van der Waals surface area contributed by atoms with E-state index < -0.39 is 0 Å². The lowest BCUT2D eigenvalue weighted by Crippen LogP contribution is -2.49. The maximum atomic E-state index is 12.6. The molecule has 21 heavy (non-hydrogen) atoms. The molecule has 0 atom stereocenters. The van der Waals surface area contributed by atoms with E-state index in [-0.39, 0.29) is 5.91 Å². The molecule has 1 fully saturated rings. The molecular formula is C15H18N4OS. The first-order valence-corrected chi connectivity index (χ1v) is 7.84. The molecule has 3 heterocycles. The number of anilines is 1. The van der Waals surface area contributed by atoms with Gasteiger partial charge in [0.05, 0.1) is 11.8 Å². The number of hydrogen-bond acceptors (Lipinski definition) is 5. The van der Waals surface area contributed by atoms with Crippen molar-refractivity contribution in [3.05, 3.63) is 40.0 Å². The van der Waals surface area contributed by atoms with Crippen LogP contribution in [0.15, 0.2) is 24.7 Å². The van der Waals surface area contributed by atoms with E-state index in [1.807, 2.05) is 24.8 Å². The Labute approximate surface area is 128 Å². The van der Waals surface area contributed by atoms with E-state index in [1.54, 1.807) is 29.9 Å². The molecule has 110 valence electrons. The lowest BCUT2D eigenvalue weighted by atomic mass is 10.2. The molecule has 6 heteroatoms. The molecule has 5 nitrogen and oxygen atoms in total. The summed E-state index contributed by atoms with van der Waals surface area (Å²) in [6.45, 7) is 7.11. The second-order valence-corrected chi connectivity index (χ2v) is 6.63. The van der Waals surface area contributed by atoms with Gasteiger partial charge in [-0.1, -0.05) is 0 Å². The van der Waals surface area contributed by atoms with Gasteiger partial charge in [0.1, 0.15) is 5.82 Å². The van der Waals surface area contributed by atoms with Crippen LogP contribution in [0.3, 0.4) is 0 Å². The predicted octanol–water partition coefficient (Wildman–Crippen LogP) is 2.12. The van der Waals surface area contributed by atoms with Gasteiger partial charge in [-0.3, -0.25) is 9.78 Å². The first-order chi connectivity index (χ1) is 10.1. The average molecular weight is 302 g/mol. The second-order valence-electron chi connectivity index (χ2n) is 5.17. The number of thiophene rings is 1. The normalized spacial score (nSPS) is 15.3. The third kappa shape index (κ3) is 2.90. The SMILES string of the molecule is Cc1cc(C(=O)N2CCN(c3cnccn3)CC2)c(C)s1. The van der Waals surface area contributed by atoms with Gasteiger partial charge in [-0.15, -0.1) is 11.3 Å². The molecule has 0 aliphatic carbocycles. The van der Waals surface area contributed by atoms with E-state index in [1.165, 1.54) is 4.88 Å². The van der Waals surface area contributed by atoms with Crippen LogP contribution in [0.5, 0.6) is 0 Å². The standard InChI is InChI=1S/C15H18N4OS/c1-11-9-13(12(2)21-11)15(20)19-7-5-18(6-8-19)14-10-16-3-4-17-14/h3-4,9-10H,5-8H2,1-2H3. The molecule has 1 aliphatic heterocycles. The predicted molar refractivity (Wildman–Crippen MR) is 83.9 cm³/mol. The average Bonchev–Trinajstić information content (AvgIpc) is 2.86. The van der Waals surface area contributed by atoms with Crippen LogP contribution in [-0.4, -0.2) is 47.0 Å². The Bertz CT molecular complexity index is 632. The fourth-order valence-corrected chi connectivity index (χ4v) is 3.52. The molecule has 0 saturated carbocycles. The third-order valence-electron chi connectivity index (χ3n) is 3.71. The Morgan fingerprint density at radius 3 is 2.52 bits per heavy atom. The zero-order valence-electron chi connectivity index (χ0n) is 12.2. The fraction of sp³-hybridized carbons (Fsp3) is 0.400. The number of nitrogens with zero attached hydrogens (tertiary/aromatic N) is 4. The monoisotopic (exact) mass is 302 g/mol. The number of aromatic nitrogens is 2. The molecular weight excluding hydrogens is 284 g/mol. The summed E-state index contributed by atoms with van der Waals surface area (Å²) < 4.78 is 0. The minimum absolute atomic E-state index is 0.149. The molecule has 1 saturated heterocycles. The summed E-state index contributed by atoms with van der Waals surface area (Å²) in [5.74, 6) is 1.03. The topological polar surface area (TPSA) is 49.3 Å². The van der Waals surface area contributed by atoms with E-state index >= 15 is 0 Å². The molecule has 0 spiro atoms.